The standard InChI is InChI=1S/C25H27Cl2N5O5/c1-32(2)23(33)13-8-16(17(9-13)31-25(34)35)30-24-28-11-14-7-12(5-6-15(14)29-24)20-21(26)18(36-3)10-19(37-4)22(20)27/h5-7,10-11,13,16-17,31H,8-9H2,1-4H3,(H,34,35)(H,28,29,30)/t13-,16+,17+/m1/s1. The molecule has 3 aromatic rings. The molecular formula is C25H27Cl2N5O5. The summed E-state index contributed by atoms with van der Waals surface area (Å²) in [6.45, 7) is 0. The highest BCUT2D eigenvalue weighted by Crippen LogP contribution is 2.46. The van der Waals surface area contributed by atoms with E-state index in [-0.39, 0.29) is 17.9 Å². The Balaban J connectivity index is 1.63. The van der Waals surface area contributed by atoms with E-state index in [4.69, 9.17) is 32.7 Å². The molecule has 0 aliphatic heterocycles. The van der Waals surface area contributed by atoms with Crippen LogP contribution < -0.4 is 20.1 Å². The fraction of sp³-hybridized carbons (Fsp3) is 0.360. The molecule has 2 amide bonds. The number of carbonyl (C=O) groups is 2. The smallest absolute Gasteiger partial charge is 0.404 e. The van der Waals surface area contributed by atoms with E-state index in [1.807, 2.05) is 18.2 Å². The summed E-state index contributed by atoms with van der Waals surface area (Å²) in [6, 6.07) is 6.34. The quantitative estimate of drug-likeness (QED) is 0.393. The number of nitrogens with zero attached hydrogens (tertiary/aromatic N) is 3. The summed E-state index contributed by atoms with van der Waals surface area (Å²) >= 11 is 13.1. The summed E-state index contributed by atoms with van der Waals surface area (Å²) in [4.78, 5) is 34.3. The van der Waals surface area contributed by atoms with Gasteiger partial charge in [0.05, 0.1) is 41.9 Å². The van der Waals surface area contributed by atoms with Crippen LogP contribution in [0.25, 0.3) is 22.0 Å². The maximum Gasteiger partial charge on any atom is 0.404 e. The van der Waals surface area contributed by atoms with Gasteiger partial charge in [0, 0.05) is 43.2 Å². The van der Waals surface area contributed by atoms with Crippen molar-refractivity contribution >= 4 is 52.1 Å². The van der Waals surface area contributed by atoms with Gasteiger partial charge >= 0.3 is 6.09 Å². The lowest BCUT2D eigenvalue weighted by atomic mass is 10.0. The first-order valence-electron chi connectivity index (χ1n) is 11.5. The molecule has 4 rings (SSSR count). The number of rotatable bonds is 7. The van der Waals surface area contributed by atoms with Gasteiger partial charge in [0.2, 0.25) is 11.9 Å². The van der Waals surface area contributed by atoms with Crippen LogP contribution in [0, 0.1) is 5.92 Å². The zero-order chi connectivity index (χ0) is 26.9. The van der Waals surface area contributed by atoms with Crippen LogP contribution in [0.5, 0.6) is 11.5 Å². The van der Waals surface area contributed by atoms with Crippen LogP contribution >= 0.6 is 23.2 Å². The molecule has 1 saturated carbocycles. The third kappa shape index (κ3) is 5.45. The Kier molecular flexibility index (Phi) is 7.79. The summed E-state index contributed by atoms with van der Waals surface area (Å²) in [5.74, 6) is 0.850. The monoisotopic (exact) mass is 547 g/mol. The van der Waals surface area contributed by atoms with Gasteiger partial charge in [0.15, 0.2) is 0 Å². The van der Waals surface area contributed by atoms with Crippen molar-refractivity contribution < 1.29 is 24.2 Å². The van der Waals surface area contributed by atoms with Crippen molar-refractivity contribution in [1.29, 1.82) is 0 Å². The van der Waals surface area contributed by atoms with E-state index < -0.39 is 12.1 Å². The molecule has 10 nitrogen and oxygen atoms in total. The SMILES string of the molecule is COc1cc(OC)c(Cl)c(-c2ccc3nc(N[C@H]4C[C@@H](C(=O)N(C)C)C[C@@H]4NC(=O)O)ncc3c2)c1Cl. The number of anilines is 1. The summed E-state index contributed by atoms with van der Waals surface area (Å²) in [7, 11) is 6.40. The van der Waals surface area contributed by atoms with E-state index in [2.05, 4.69) is 20.6 Å². The van der Waals surface area contributed by atoms with Crippen LogP contribution in [0.3, 0.4) is 0 Å². The molecule has 0 bridgehead atoms. The predicted molar refractivity (Wildman–Crippen MR) is 142 cm³/mol. The number of aromatic nitrogens is 2. The Labute approximate surface area is 223 Å². The molecule has 1 heterocycles. The number of methoxy groups -OCH3 is 2. The molecule has 1 aliphatic carbocycles. The van der Waals surface area contributed by atoms with Crippen molar-refractivity contribution in [3.63, 3.8) is 0 Å². The van der Waals surface area contributed by atoms with Gasteiger partial charge in [-0.2, -0.15) is 0 Å². The zero-order valence-electron chi connectivity index (χ0n) is 20.7. The molecule has 1 fully saturated rings. The minimum atomic E-state index is -1.15. The van der Waals surface area contributed by atoms with Crippen molar-refractivity contribution in [2.45, 2.75) is 24.9 Å². The first-order valence-corrected chi connectivity index (χ1v) is 12.2. The average Bonchev–Trinajstić information content (AvgIpc) is 3.24. The summed E-state index contributed by atoms with van der Waals surface area (Å²) in [5, 5.41) is 16.4. The van der Waals surface area contributed by atoms with Crippen LogP contribution in [-0.4, -0.2) is 72.4 Å². The van der Waals surface area contributed by atoms with E-state index in [1.165, 1.54) is 19.1 Å². The van der Waals surface area contributed by atoms with Gasteiger partial charge in [-0.05, 0) is 30.5 Å². The normalized spacial score (nSPS) is 18.9. The fourth-order valence-electron chi connectivity index (χ4n) is 4.65. The largest absolute Gasteiger partial charge is 0.495 e. The van der Waals surface area contributed by atoms with Gasteiger partial charge in [-0.3, -0.25) is 4.79 Å². The molecule has 196 valence electrons. The Morgan fingerprint density at radius 3 is 2.30 bits per heavy atom. The highest BCUT2D eigenvalue weighted by atomic mass is 35.5. The highest BCUT2D eigenvalue weighted by Gasteiger charge is 2.39. The number of benzene rings is 2. The van der Waals surface area contributed by atoms with E-state index in [0.717, 1.165) is 10.9 Å². The van der Waals surface area contributed by atoms with Gasteiger partial charge in [-0.25, -0.2) is 14.8 Å². The Hall–Kier alpha value is -3.50. The highest BCUT2D eigenvalue weighted by molar-refractivity contribution is 6.41. The number of carbonyl (C=O) groups excluding carboxylic acids is 1. The number of ether oxygens (including phenoxy) is 2. The number of hydrogen-bond donors (Lipinski definition) is 3. The van der Waals surface area contributed by atoms with Crippen molar-refractivity contribution in [3.05, 3.63) is 40.5 Å². The molecule has 3 N–H and O–H groups in total. The number of carboxylic acid groups (broad SMARTS) is 1. The maximum absolute atomic E-state index is 12.5. The van der Waals surface area contributed by atoms with E-state index in [0.29, 0.717) is 51.4 Å². The second-order valence-corrected chi connectivity index (χ2v) is 9.71. The number of halogens is 2. The number of hydrogen-bond acceptors (Lipinski definition) is 7. The average molecular weight is 548 g/mol. The first-order chi connectivity index (χ1) is 17.6. The minimum Gasteiger partial charge on any atom is -0.495 e. The van der Waals surface area contributed by atoms with Crippen molar-refractivity contribution in [3.8, 4) is 22.6 Å². The minimum absolute atomic E-state index is 0.0417. The van der Waals surface area contributed by atoms with Gasteiger partial charge in [-0.1, -0.05) is 29.3 Å². The number of fused-ring (bicyclic) bond motifs is 1. The van der Waals surface area contributed by atoms with E-state index >= 15 is 0 Å². The fourth-order valence-corrected chi connectivity index (χ4v) is 5.36. The zero-order valence-corrected chi connectivity index (χ0v) is 22.2. The van der Waals surface area contributed by atoms with E-state index in [9.17, 15) is 14.7 Å². The van der Waals surface area contributed by atoms with Gasteiger partial charge in [-0.15, -0.1) is 0 Å². The second kappa shape index (κ2) is 10.9. The molecular weight excluding hydrogens is 521 g/mol. The molecule has 1 aromatic heterocycles. The number of nitrogens with one attached hydrogen (secondary N) is 2. The predicted octanol–water partition coefficient (Wildman–Crippen LogP) is 4.54. The topological polar surface area (TPSA) is 126 Å². The van der Waals surface area contributed by atoms with Gasteiger partial charge in [0.25, 0.3) is 0 Å². The van der Waals surface area contributed by atoms with Crippen LogP contribution in [0.15, 0.2) is 30.5 Å². The molecule has 0 saturated heterocycles. The van der Waals surface area contributed by atoms with E-state index in [1.54, 1.807) is 26.4 Å². The molecule has 0 radical (unpaired) electrons. The van der Waals surface area contributed by atoms with Gasteiger partial charge < -0.3 is 30.1 Å². The molecule has 1 aliphatic rings. The summed E-state index contributed by atoms with van der Waals surface area (Å²) in [5.41, 5.74) is 1.95. The molecule has 2 aromatic carbocycles. The second-order valence-electron chi connectivity index (χ2n) is 8.96. The Morgan fingerprint density at radius 1 is 1.05 bits per heavy atom. The van der Waals surface area contributed by atoms with Crippen LogP contribution in [0.1, 0.15) is 12.8 Å². The third-order valence-electron chi connectivity index (χ3n) is 6.42. The Bertz CT molecular complexity index is 1320. The third-order valence-corrected chi connectivity index (χ3v) is 7.17. The lowest BCUT2D eigenvalue weighted by Gasteiger charge is -2.20. The maximum atomic E-state index is 12.5. The van der Waals surface area contributed by atoms with Crippen molar-refractivity contribution in [2.24, 2.45) is 5.92 Å². The van der Waals surface area contributed by atoms with Gasteiger partial charge in [0.1, 0.15) is 11.5 Å². The number of amides is 2. The molecule has 3 atom stereocenters. The van der Waals surface area contributed by atoms with Crippen LogP contribution in [0.2, 0.25) is 10.0 Å². The van der Waals surface area contributed by atoms with Crippen molar-refractivity contribution in [2.75, 3.05) is 33.6 Å². The lowest BCUT2D eigenvalue weighted by molar-refractivity contribution is -0.132. The van der Waals surface area contributed by atoms with Crippen LogP contribution in [0.4, 0.5) is 10.7 Å². The lowest BCUT2D eigenvalue weighted by Crippen LogP contribution is -2.43. The van der Waals surface area contributed by atoms with Crippen molar-refractivity contribution in [1.82, 2.24) is 20.2 Å². The van der Waals surface area contributed by atoms with Crippen LogP contribution in [-0.2, 0) is 4.79 Å². The Morgan fingerprint density at radius 2 is 1.70 bits per heavy atom. The summed E-state index contributed by atoms with van der Waals surface area (Å²) in [6.07, 6.45) is 1.36. The first kappa shape index (κ1) is 26.6. The summed E-state index contributed by atoms with van der Waals surface area (Å²) < 4.78 is 10.7. The molecule has 0 unspecified atom stereocenters. The molecule has 37 heavy (non-hydrogen) atoms. The molecule has 0 spiro atoms. The molecule has 12 heteroatoms.